The number of hydrogen-bond acceptors (Lipinski definition) is 4. The fourth-order valence-corrected chi connectivity index (χ4v) is 3.26. The zero-order chi connectivity index (χ0) is 18.7. The Morgan fingerprint density at radius 2 is 2.15 bits per heavy atom. The Morgan fingerprint density at radius 1 is 1.35 bits per heavy atom. The molecule has 0 bridgehead atoms. The van der Waals surface area contributed by atoms with E-state index in [0.717, 1.165) is 24.4 Å². The molecule has 1 fully saturated rings. The van der Waals surface area contributed by atoms with Gasteiger partial charge in [-0.3, -0.25) is 9.59 Å². The third kappa shape index (κ3) is 4.04. The lowest BCUT2D eigenvalue weighted by atomic mass is 10.3. The van der Waals surface area contributed by atoms with Crippen LogP contribution in [0.1, 0.15) is 41.1 Å². The van der Waals surface area contributed by atoms with Crippen LogP contribution in [0.2, 0.25) is 5.02 Å². The smallest absolute Gasteiger partial charge is 0.271 e. The van der Waals surface area contributed by atoms with Crippen molar-refractivity contribution in [2.75, 3.05) is 19.6 Å². The van der Waals surface area contributed by atoms with Crippen molar-refractivity contribution in [1.82, 2.24) is 25.0 Å². The summed E-state index contributed by atoms with van der Waals surface area (Å²) in [6, 6.07) is 5.32. The van der Waals surface area contributed by atoms with Gasteiger partial charge in [0.25, 0.3) is 5.91 Å². The van der Waals surface area contributed by atoms with Gasteiger partial charge in [-0.05, 0) is 44.9 Å². The van der Waals surface area contributed by atoms with Crippen LogP contribution in [0.15, 0.2) is 18.2 Å². The monoisotopic (exact) mass is 375 g/mol. The van der Waals surface area contributed by atoms with Crippen molar-refractivity contribution in [3.05, 3.63) is 40.3 Å². The lowest BCUT2D eigenvalue weighted by molar-refractivity contribution is -0.127. The predicted molar refractivity (Wildman–Crippen MR) is 98.6 cm³/mol. The van der Waals surface area contributed by atoms with E-state index in [4.69, 9.17) is 11.6 Å². The normalized spacial score (nSPS) is 14.1. The van der Waals surface area contributed by atoms with Crippen molar-refractivity contribution >= 4 is 23.4 Å². The first-order chi connectivity index (χ1) is 12.5. The van der Waals surface area contributed by atoms with Gasteiger partial charge < -0.3 is 10.2 Å². The molecule has 2 aromatic rings. The molecule has 0 atom stereocenters. The first-order valence-corrected chi connectivity index (χ1v) is 9.09. The van der Waals surface area contributed by atoms with E-state index in [0.29, 0.717) is 36.8 Å². The lowest BCUT2D eigenvalue weighted by Crippen LogP contribution is -2.31. The number of carbonyl (C=O) groups is 2. The fraction of sp³-hybridized carbons (Fsp3) is 0.444. The summed E-state index contributed by atoms with van der Waals surface area (Å²) in [4.78, 5) is 30.2. The summed E-state index contributed by atoms with van der Waals surface area (Å²) in [5.74, 6) is 0.414. The molecule has 1 saturated heterocycles. The summed E-state index contributed by atoms with van der Waals surface area (Å²) in [5, 5.41) is 7.50. The largest absolute Gasteiger partial charge is 0.351 e. The van der Waals surface area contributed by atoms with E-state index in [1.54, 1.807) is 16.8 Å². The van der Waals surface area contributed by atoms with Gasteiger partial charge in [-0.1, -0.05) is 11.6 Å². The second-order valence-corrected chi connectivity index (χ2v) is 6.84. The van der Waals surface area contributed by atoms with Crippen LogP contribution in [0.3, 0.4) is 0 Å². The van der Waals surface area contributed by atoms with Crippen molar-refractivity contribution < 1.29 is 9.59 Å². The maximum absolute atomic E-state index is 12.4. The number of amides is 2. The molecule has 0 aromatic carbocycles. The highest BCUT2D eigenvalue weighted by Crippen LogP contribution is 2.18. The molecule has 1 aliphatic rings. The Balaban J connectivity index is 1.62. The summed E-state index contributed by atoms with van der Waals surface area (Å²) in [6.07, 6.45) is 2.25. The summed E-state index contributed by atoms with van der Waals surface area (Å²) >= 11 is 6.15. The Kier molecular flexibility index (Phi) is 5.56. The SMILES string of the molecule is Cc1cc(C)n(-c2ccc(Cl)c(C(=O)NCCCN3CCCC3=O)n2)n1. The molecule has 0 spiro atoms. The highest BCUT2D eigenvalue weighted by molar-refractivity contribution is 6.33. The molecule has 7 nitrogen and oxygen atoms in total. The number of aromatic nitrogens is 3. The minimum absolute atomic E-state index is 0.175. The molecule has 1 N–H and O–H groups in total. The van der Waals surface area contributed by atoms with Crippen LogP contribution in [-0.4, -0.2) is 51.1 Å². The molecular formula is C18H22ClN5O2. The van der Waals surface area contributed by atoms with E-state index in [1.807, 2.05) is 24.8 Å². The molecule has 0 aliphatic carbocycles. The predicted octanol–water partition coefficient (Wildman–Crippen LogP) is 2.28. The van der Waals surface area contributed by atoms with Crippen molar-refractivity contribution in [3.63, 3.8) is 0 Å². The average molecular weight is 376 g/mol. The van der Waals surface area contributed by atoms with E-state index < -0.39 is 0 Å². The highest BCUT2D eigenvalue weighted by Gasteiger charge is 2.19. The topological polar surface area (TPSA) is 80.1 Å². The Labute approximate surface area is 157 Å². The van der Waals surface area contributed by atoms with Gasteiger partial charge in [0, 0.05) is 31.7 Å². The van der Waals surface area contributed by atoms with Crippen LogP contribution < -0.4 is 5.32 Å². The van der Waals surface area contributed by atoms with Gasteiger partial charge in [0.15, 0.2) is 5.82 Å². The number of rotatable bonds is 6. The molecule has 3 heterocycles. The van der Waals surface area contributed by atoms with E-state index in [1.165, 1.54) is 0 Å². The van der Waals surface area contributed by atoms with E-state index in [9.17, 15) is 9.59 Å². The summed E-state index contributed by atoms with van der Waals surface area (Å²) in [6.45, 7) is 5.76. The summed E-state index contributed by atoms with van der Waals surface area (Å²) < 4.78 is 1.68. The number of likely N-dealkylation sites (tertiary alicyclic amines) is 1. The minimum atomic E-state index is -0.328. The summed E-state index contributed by atoms with van der Waals surface area (Å²) in [5.41, 5.74) is 1.98. The maximum atomic E-state index is 12.4. The van der Waals surface area contributed by atoms with Crippen LogP contribution in [0.4, 0.5) is 0 Å². The number of nitrogens with zero attached hydrogens (tertiary/aromatic N) is 4. The zero-order valence-corrected chi connectivity index (χ0v) is 15.7. The molecule has 138 valence electrons. The number of nitrogens with one attached hydrogen (secondary N) is 1. The number of aryl methyl sites for hydroxylation is 2. The maximum Gasteiger partial charge on any atom is 0.271 e. The van der Waals surface area contributed by atoms with Gasteiger partial charge in [0.1, 0.15) is 5.69 Å². The van der Waals surface area contributed by atoms with E-state index >= 15 is 0 Å². The van der Waals surface area contributed by atoms with Crippen molar-refractivity contribution in [2.45, 2.75) is 33.1 Å². The number of carbonyl (C=O) groups excluding carboxylic acids is 2. The van der Waals surface area contributed by atoms with Gasteiger partial charge >= 0.3 is 0 Å². The van der Waals surface area contributed by atoms with Crippen LogP contribution >= 0.6 is 11.6 Å². The van der Waals surface area contributed by atoms with Gasteiger partial charge in [-0.25, -0.2) is 9.67 Å². The number of halogens is 1. The highest BCUT2D eigenvalue weighted by atomic mass is 35.5. The van der Waals surface area contributed by atoms with Crippen molar-refractivity contribution in [2.24, 2.45) is 0 Å². The van der Waals surface area contributed by atoms with Crippen molar-refractivity contribution in [3.8, 4) is 5.82 Å². The Bertz CT molecular complexity index is 833. The first-order valence-electron chi connectivity index (χ1n) is 8.72. The third-order valence-electron chi connectivity index (χ3n) is 4.33. The van der Waals surface area contributed by atoms with Gasteiger partial charge in [0.05, 0.1) is 10.7 Å². The Morgan fingerprint density at radius 3 is 2.81 bits per heavy atom. The standard InChI is InChI=1S/C18H22ClN5O2/c1-12-11-13(2)24(22-12)15-7-6-14(19)17(21-15)18(26)20-8-4-10-23-9-3-5-16(23)25/h6-7,11H,3-5,8-10H2,1-2H3,(H,20,26). The van der Waals surface area contributed by atoms with Crippen LogP contribution in [-0.2, 0) is 4.79 Å². The third-order valence-corrected chi connectivity index (χ3v) is 4.64. The Hall–Kier alpha value is -2.41. The van der Waals surface area contributed by atoms with Gasteiger partial charge in [-0.15, -0.1) is 0 Å². The average Bonchev–Trinajstić information content (AvgIpc) is 3.16. The van der Waals surface area contributed by atoms with Gasteiger partial charge in [0.2, 0.25) is 5.91 Å². The lowest BCUT2D eigenvalue weighted by Gasteiger charge is -2.15. The molecule has 2 aromatic heterocycles. The van der Waals surface area contributed by atoms with E-state index in [2.05, 4.69) is 15.4 Å². The van der Waals surface area contributed by atoms with Gasteiger partial charge in [-0.2, -0.15) is 5.10 Å². The second kappa shape index (κ2) is 7.86. The van der Waals surface area contributed by atoms with Crippen LogP contribution in [0.5, 0.6) is 0 Å². The first kappa shape index (κ1) is 18.4. The molecule has 2 amide bonds. The van der Waals surface area contributed by atoms with Crippen LogP contribution in [0.25, 0.3) is 5.82 Å². The molecular weight excluding hydrogens is 354 g/mol. The number of pyridine rings is 1. The van der Waals surface area contributed by atoms with E-state index in [-0.39, 0.29) is 17.5 Å². The fourth-order valence-electron chi connectivity index (χ4n) is 3.07. The molecule has 0 unspecified atom stereocenters. The molecule has 3 rings (SSSR count). The molecule has 1 aliphatic heterocycles. The second-order valence-electron chi connectivity index (χ2n) is 6.43. The molecule has 0 saturated carbocycles. The zero-order valence-electron chi connectivity index (χ0n) is 15.0. The van der Waals surface area contributed by atoms with Crippen molar-refractivity contribution in [1.29, 1.82) is 0 Å². The molecule has 8 heteroatoms. The number of hydrogen-bond donors (Lipinski definition) is 1. The minimum Gasteiger partial charge on any atom is -0.351 e. The molecule has 0 radical (unpaired) electrons. The summed E-state index contributed by atoms with van der Waals surface area (Å²) in [7, 11) is 0. The molecule has 26 heavy (non-hydrogen) atoms. The van der Waals surface area contributed by atoms with Crippen LogP contribution in [0, 0.1) is 13.8 Å². The quantitative estimate of drug-likeness (QED) is 0.785.